The van der Waals surface area contributed by atoms with Crippen LogP contribution in [-0.2, 0) is 10.1 Å². The summed E-state index contributed by atoms with van der Waals surface area (Å²) in [5, 5.41) is 19.7. The van der Waals surface area contributed by atoms with E-state index in [1.165, 1.54) is 0 Å². The monoisotopic (exact) mass is 551 g/mol. The number of hydrogen-bond donors (Lipinski definition) is 2. The molecule has 196 valence electrons. The minimum absolute atomic E-state index is 0.00516. The summed E-state index contributed by atoms with van der Waals surface area (Å²) in [5.74, 6) is -0.152. The van der Waals surface area contributed by atoms with E-state index >= 15 is 0 Å². The second kappa shape index (κ2) is 11.7. The number of benzene rings is 4. The molecule has 4 rings (SSSR count). The van der Waals surface area contributed by atoms with Gasteiger partial charge in [-0.05, 0) is 72.5 Å². The van der Waals surface area contributed by atoms with Crippen LogP contribution >= 0.6 is 11.6 Å². The molecular weight excluding hydrogens is 526 g/mol. The van der Waals surface area contributed by atoms with Crippen LogP contribution in [0.1, 0.15) is 17.5 Å². The molecule has 38 heavy (non-hydrogen) atoms. The van der Waals surface area contributed by atoms with E-state index in [1.54, 1.807) is 12.1 Å². The Morgan fingerprint density at radius 2 is 1.55 bits per heavy atom. The van der Waals surface area contributed by atoms with Crippen LogP contribution < -0.4 is 10.5 Å². The summed E-state index contributed by atoms with van der Waals surface area (Å²) >= 11 is 6.50. The summed E-state index contributed by atoms with van der Waals surface area (Å²) in [7, 11) is -4.10. The Kier molecular flexibility index (Phi) is 8.35. The molecule has 0 spiro atoms. The smallest absolute Gasteiger partial charge is 0.264 e. The summed E-state index contributed by atoms with van der Waals surface area (Å²) in [6, 6.07) is 20.4. The molecule has 9 nitrogen and oxygen atoms in total. The van der Waals surface area contributed by atoms with E-state index in [-0.39, 0.29) is 23.8 Å². The maximum absolute atomic E-state index is 11.1. The van der Waals surface area contributed by atoms with Gasteiger partial charge in [-0.1, -0.05) is 41.9 Å². The minimum atomic E-state index is -4.10. The minimum Gasteiger partial charge on any atom is -0.491 e. The highest BCUT2D eigenvalue weighted by Gasteiger charge is 2.12. The average molecular weight is 552 g/mol. The van der Waals surface area contributed by atoms with Gasteiger partial charge in [-0.25, -0.2) is 0 Å². The zero-order valence-electron chi connectivity index (χ0n) is 20.8. The third kappa shape index (κ3) is 7.12. The van der Waals surface area contributed by atoms with Crippen molar-refractivity contribution in [3.8, 4) is 5.75 Å². The predicted molar refractivity (Wildman–Crippen MR) is 151 cm³/mol. The van der Waals surface area contributed by atoms with E-state index in [1.807, 2.05) is 68.4 Å². The molecule has 0 fully saturated rings. The number of nitrogen functional groups attached to an aromatic ring is 1. The molecule has 0 heterocycles. The second-order valence-corrected chi connectivity index (χ2v) is 10.7. The lowest BCUT2D eigenvalue weighted by Gasteiger charge is -2.10. The van der Waals surface area contributed by atoms with E-state index in [9.17, 15) is 8.42 Å². The van der Waals surface area contributed by atoms with Crippen molar-refractivity contribution < 1.29 is 17.7 Å². The van der Waals surface area contributed by atoms with E-state index in [0.717, 1.165) is 21.9 Å². The molecule has 0 aliphatic carbocycles. The summed E-state index contributed by atoms with van der Waals surface area (Å²) < 4.78 is 36.9. The number of anilines is 1. The summed E-state index contributed by atoms with van der Waals surface area (Å²) in [6.45, 7) is 3.76. The van der Waals surface area contributed by atoms with Gasteiger partial charge in [0.2, 0.25) is 0 Å². The Balaban J connectivity index is 1.64. The maximum atomic E-state index is 11.1. The molecule has 11 heteroatoms. The fraction of sp³-hybridized carbons (Fsp3) is 0.185. The first kappa shape index (κ1) is 27.2. The molecular formula is C27H26ClN5O4S. The lowest BCUT2D eigenvalue weighted by Crippen LogP contribution is -2.08. The van der Waals surface area contributed by atoms with E-state index in [2.05, 4.69) is 20.5 Å². The largest absolute Gasteiger partial charge is 0.491 e. The quantitative estimate of drug-likeness (QED) is 0.0933. The van der Waals surface area contributed by atoms with Crippen molar-refractivity contribution in [1.29, 1.82) is 0 Å². The molecule has 0 amide bonds. The Morgan fingerprint density at radius 3 is 2.32 bits per heavy atom. The van der Waals surface area contributed by atoms with E-state index in [0.29, 0.717) is 28.4 Å². The molecule has 0 unspecified atom stereocenters. The van der Waals surface area contributed by atoms with Crippen LogP contribution in [0, 0.1) is 13.8 Å². The molecule has 0 aliphatic heterocycles. The van der Waals surface area contributed by atoms with Gasteiger partial charge in [0.25, 0.3) is 10.1 Å². The standard InChI is InChI=1S/C27H26ClN5O4S/c1-17-13-24(18(2)12-23(17)29)31-33-26-15-22(28)25(16-27(26)37-10-5-11-38(34,35)36)32-30-21-9-8-19-6-3-4-7-20(19)14-21/h3-4,6-9,12-16H,5,10-11,29H2,1-2H3,(H,34,35,36). The molecule has 0 bridgehead atoms. The maximum Gasteiger partial charge on any atom is 0.264 e. The molecule has 0 radical (unpaired) electrons. The first-order valence-electron chi connectivity index (χ1n) is 11.7. The van der Waals surface area contributed by atoms with Crippen molar-refractivity contribution >= 4 is 60.9 Å². The Hall–Kier alpha value is -3.86. The van der Waals surface area contributed by atoms with Crippen LogP contribution in [0.5, 0.6) is 5.75 Å². The van der Waals surface area contributed by atoms with Crippen LogP contribution in [0.25, 0.3) is 10.8 Å². The number of halogens is 1. The number of aryl methyl sites for hydroxylation is 2. The van der Waals surface area contributed by atoms with Crippen LogP contribution in [0.2, 0.25) is 5.02 Å². The van der Waals surface area contributed by atoms with Gasteiger partial charge in [0.15, 0.2) is 0 Å². The molecule has 0 saturated heterocycles. The van der Waals surface area contributed by atoms with Crippen molar-refractivity contribution in [2.24, 2.45) is 20.5 Å². The molecule has 4 aromatic carbocycles. The fourth-order valence-corrected chi connectivity index (χ4v) is 4.29. The van der Waals surface area contributed by atoms with E-state index < -0.39 is 15.9 Å². The van der Waals surface area contributed by atoms with Crippen molar-refractivity contribution in [2.45, 2.75) is 20.3 Å². The summed E-state index contributed by atoms with van der Waals surface area (Å²) in [4.78, 5) is 0. The number of hydrogen-bond acceptors (Lipinski definition) is 8. The highest BCUT2D eigenvalue weighted by Crippen LogP contribution is 2.40. The van der Waals surface area contributed by atoms with Gasteiger partial charge in [-0.3, -0.25) is 4.55 Å². The number of fused-ring (bicyclic) bond motifs is 1. The molecule has 0 saturated carbocycles. The average Bonchev–Trinajstić information content (AvgIpc) is 2.87. The van der Waals surface area contributed by atoms with Gasteiger partial charge < -0.3 is 10.5 Å². The van der Waals surface area contributed by atoms with Crippen molar-refractivity contribution in [2.75, 3.05) is 18.1 Å². The molecule has 4 aromatic rings. The zero-order chi connectivity index (χ0) is 27.3. The highest BCUT2D eigenvalue weighted by molar-refractivity contribution is 7.85. The van der Waals surface area contributed by atoms with Gasteiger partial charge in [-0.15, -0.1) is 10.2 Å². The number of azo groups is 2. The number of nitrogens with zero attached hydrogens (tertiary/aromatic N) is 4. The lowest BCUT2D eigenvalue weighted by molar-refractivity contribution is 0.317. The normalized spacial score (nSPS) is 12.1. The topological polar surface area (TPSA) is 139 Å². The number of ether oxygens (including phenoxy) is 1. The van der Waals surface area contributed by atoms with Crippen molar-refractivity contribution in [1.82, 2.24) is 0 Å². The first-order valence-corrected chi connectivity index (χ1v) is 13.7. The number of nitrogens with two attached hydrogens (primary N) is 1. The van der Waals surface area contributed by atoms with Crippen molar-refractivity contribution in [3.63, 3.8) is 0 Å². The van der Waals surface area contributed by atoms with Gasteiger partial charge in [0.1, 0.15) is 17.1 Å². The molecule has 0 aromatic heterocycles. The van der Waals surface area contributed by atoms with Crippen LogP contribution in [0.3, 0.4) is 0 Å². The van der Waals surface area contributed by atoms with Crippen molar-refractivity contribution in [3.05, 3.63) is 82.9 Å². The van der Waals surface area contributed by atoms with Gasteiger partial charge in [-0.2, -0.15) is 18.6 Å². The summed E-state index contributed by atoms with van der Waals surface area (Å²) in [6.07, 6.45) is 0.0717. The van der Waals surface area contributed by atoms with Gasteiger partial charge in [0, 0.05) is 11.8 Å². The van der Waals surface area contributed by atoms with Crippen LogP contribution in [-0.4, -0.2) is 25.3 Å². The molecule has 0 aliphatic rings. The number of rotatable bonds is 9. The molecule has 3 N–H and O–H groups in total. The third-order valence-corrected chi connectivity index (χ3v) is 6.80. The highest BCUT2D eigenvalue weighted by atomic mass is 35.5. The first-order chi connectivity index (χ1) is 18.1. The second-order valence-electron chi connectivity index (χ2n) is 8.69. The fourth-order valence-electron chi connectivity index (χ4n) is 3.62. The van der Waals surface area contributed by atoms with Gasteiger partial charge >= 0.3 is 0 Å². The van der Waals surface area contributed by atoms with Crippen LogP contribution in [0.15, 0.2) is 87.2 Å². The lowest BCUT2D eigenvalue weighted by atomic mass is 10.1. The van der Waals surface area contributed by atoms with Gasteiger partial charge in [0.05, 0.1) is 28.8 Å². The Bertz CT molecular complexity index is 1660. The van der Waals surface area contributed by atoms with E-state index in [4.69, 9.17) is 26.6 Å². The van der Waals surface area contributed by atoms with Crippen LogP contribution in [0.4, 0.5) is 28.4 Å². The summed E-state index contributed by atoms with van der Waals surface area (Å²) in [5.41, 5.74) is 10.3. The Morgan fingerprint density at radius 1 is 0.842 bits per heavy atom. The predicted octanol–water partition coefficient (Wildman–Crippen LogP) is 8.18. The third-order valence-electron chi connectivity index (χ3n) is 5.69. The SMILES string of the molecule is Cc1cc(N=Nc2cc(Cl)c(N=Nc3ccc4ccccc4c3)cc2OCCCS(=O)(=O)O)c(C)cc1N. The zero-order valence-corrected chi connectivity index (χ0v) is 22.4. The Labute approximate surface area is 225 Å². The molecule has 0 atom stereocenters.